The van der Waals surface area contributed by atoms with Gasteiger partial charge in [0.25, 0.3) is 0 Å². The molecule has 1 amide bonds. The second-order valence-electron chi connectivity index (χ2n) is 5.21. The lowest BCUT2D eigenvalue weighted by molar-refractivity contribution is -0.118. The summed E-state index contributed by atoms with van der Waals surface area (Å²) in [5, 5.41) is 12.3. The number of anilines is 1. The highest BCUT2D eigenvalue weighted by atomic mass is 79.9. The van der Waals surface area contributed by atoms with E-state index in [1.165, 1.54) is 6.42 Å². The van der Waals surface area contributed by atoms with E-state index in [4.69, 9.17) is 0 Å². The fourth-order valence-corrected chi connectivity index (χ4v) is 3.00. The topological polar surface area (TPSA) is 52.6 Å². The van der Waals surface area contributed by atoms with Gasteiger partial charge in [0.1, 0.15) is 0 Å². The zero-order chi connectivity index (χ0) is 14.4. The number of hydrogen-bond donors (Lipinski definition) is 2. The molecule has 0 aliphatic carbocycles. The number of aliphatic hydroxyl groups excluding tert-OH is 1. The number of amides is 1. The molecule has 2 N–H and O–H groups in total. The van der Waals surface area contributed by atoms with Crippen LogP contribution in [-0.2, 0) is 4.79 Å². The van der Waals surface area contributed by atoms with Crippen molar-refractivity contribution in [3.63, 3.8) is 0 Å². The zero-order valence-electron chi connectivity index (χ0n) is 11.5. The van der Waals surface area contributed by atoms with Gasteiger partial charge >= 0.3 is 0 Å². The lowest BCUT2D eigenvalue weighted by Crippen LogP contribution is -2.42. The lowest BCUT2D eigenvalue weighted by atomic mass is 10.1. The van der Waals surface area contributed by atoms with E-state index in [9.17, 15) is 9.90 Å². The van der Waals surface area contributed by atoms with Crippen LogP contribution in [0.4, 0.5) is 5.69 Å². The van der Waals surface area contributed by atoms with E-state index in [1.54, 1.807) is 0 Å². The summed E-state index contributed by atoms with van der Waals surface area (Å²) in [5.74, 6) is -0.0246. The summed E-state index contributed by atoms with van der Waals surface area (Å²) in [6.07, 6.45) is 4.39. The number of halogens is 1. The summed E-state index contributed by atoms with van der Waals surface area (Å²) >= 11 is 3.39. The van der Waals surface area contributed by atoms with Crippen molar-refractivity contribution in [3.8, 4) is 0 Å². The minimum atomic E-state index is -0.0246. The van der Waals surface area contributed by atoms with Gasteiger partial charge in [-0.3, -0.25) is 9.69 Å². The molecule has 1 fully saturated rings. The Hall–Kier alpha value is -0.910. The number of likely N-dealkylation sites (tertiary alicyclic amines) is 1. The fourth-order valence-electron chi connectivity index (χ4n) is 2.60. The summed E-state index contributed by atoms with van der Waals surface area (Å²) < 4.78 is 0.943. The van der Waals surface area contributed by atoms with Crippen molar-refractivity contribution in [1.82, 2.24) is 4.90 Å². The smallest absolute Gasteiger partial charge is 0.238 e. The zero-order valence-corrected chi connectivity index (χ0v) is 13.1. The standard InChI is InChI=1S/C15H21BrN2O2/c16-12-5-4-6-13(9-12)17-15(20)10-18-8-3-1-2-7-14(18)11-19/h4-6,9,14,19H,1-3,7-8,10-11H2,(H,17,20). The molecule has 1 aliphatic rings. The van der Waals surface area contributed by atoms with Crippen LogP contribution in [0.5, 0.6) is 0 Å². The van der Waals surface area contributed by atoms with Gasteiger partial charge in [0, 0.05) is 16.2 Å². The molecule has 110 valence electrons. The quantitative estimate of drug-likeness (QED) is 0.885. The van der Waals surface area contributed by atoms with Gasteiger partial charge in [-0.15, -0.1) is 0 Å². The number of nitrogens with zero attached hydrogens (tertiary/aromatic N) is 1. The Morgan fingerprint density at radius 1 is 1.40 bits per heavy atom. The van der Waals surface area contributed by atoms with Crippen molar-refractivity contribution in [2.75, 3.05) is 25.0 Å². The van der Waals surface area contributed by atoms with Crippen molar-refractivity contribution >= 4 is 27.5 Å². The maximum atomic E-state index is 12.1. The number of carbonyl (C=O) groups excluding carboxylic acids is 1. The van der Waals surface area contributed by atoms with Crippen LogP contribution in [0.3, 0.4) is 0 Å². The third kappa shape index (κ3) is 4.58. The van der Waals surface area contributed by atoms with Crippen LogP contribution >= 0.6 is 15.9 Å². The van der Waals surface area contributed by atoms with Gasteiger partial charge in [-0.05, 0) is 37.6 Å². The summed E-state index contributed by atoms with van der Waals surface area (Å²) in [7, 11) is 0. The molecule has 0 saturated carbocycles. The molecule has 4 nitrogen and oxygen atoms in total. The van der Waals surface area contributed by atoms with Gasteiger partial charge in [-0.1, -0.05) is 34.8 Å². The van der Waals surface area contributed by atoms with E-state index in [2.05, 4.69) is 26.1 Å². The molecule has 0 aromatic heterocycles. The van der Waals surface area contributed by atoms with Gasteiger partial charge in [-0.2, -0.15) is 0 Å². The number of rotatable bonds is 4. The molecule has 1 unspecified atom stereocenters. The number of aliphatic hydroxyl groups is 1. The van der Waals surface area contributed by atoms with E-state index in [1.807, 2.05) is 24.3 Å². The maximum absolute atomic E-state index is 12.1. The molecule has 5 heteroatoms. The number of benzene rings is 1. The lowest BCUT2D eigenvalue weighted by Gasteiger charge is -2.27. The maximum Gasteiger partial charge on any atom is 0.238 e. The summed E-state index contributed by atoms with van der Waals surface area (Å²) in [5.41, 5.74) is 0.791. The Morgan fingerprint density at radius 2 is 2.25 bits per heavy atom. The second kappa shape index (κ2) is 7.76. The second-order valence-corrected chi connectivity index (χ2v) is 6.13. The average molecular weight is 341 g/mol. The van der Waals surface area contributed by atoms with Crippen molar-refractivity contribution < 1.29 is 9.90 Å². The molecule has 0 bridgehead atoms. The van der Waals surface area contributed by atoms with Crippen molar-refractivity contribution in [3.05, 3.63) is 28.7 Å². The molecule has 2 rings (SSSR count). The van der Waals surface area contributed by atoms with Crippen LogP contribution in [0.25, 0.3) is 0 Å². The monoisotopic (exact) mass is 340 g/mol. The average Bonchev–Trinajstić information content (AvgIpc) is 2.63. The Morgan fingerprint density at radius 3 is 3.00 bits per heavy atom. The van der Waals surface area contributed by atoms with Gasteiger partial charge in [0.15, 0.2) is 0 Å². The first-order chi connectivity index (χ1) is 9.69. The summed E-state index contributed by atoms with van der Waals surface area (Å²) in [6, 6.07) is 7.68. The summed E-state index contributed by atoms with van der Waals surface area (Å²) in [4.78, 5) is 14.2. The normalized spacial score (nSPS) is 20.4. The highest BCUT2D eigenvalue weighted by molar-refractivity contribution is 9.10. The van der Waals surface area contributed by atoms with E-state index in [0.717, 1.165) is 36.0 Å². The highest BCUT2D eigenvalue weighted by Crippen LogP contribution is 2.18. The van der Waals surface area contributed by atoms with Gasteiger partial charge in [0.2, 0.25) is 5.91 Å². The van der Waals surface area contributed by atoms with Crippen molar-refractivity contribution in [2.24, 2.45) is 0 Å². The predicted octanol–water partition coefficient (Wildman–Crippen LogP) is 2.62. The van der Waals surface area contributed by atoms with Crippen LogP contribution in [0.15, 0.2) is 28.7 Å². The number of hydrogen-bond acceptors (Lipinski definition) is 3. The fraction of sp³-hybridized carbons (Fsp3) is 0.533. The van der Waals surface area contributed by atoms with Crippen LogP contribution in [0.1, 0.15) is 25.7 Å². The Balaban J connectivity index is 1.92. The van der Waals surface area contributed by atoms with Crippen LogP contribution in [0, 0.1) is 0 Å². The van der Waals surface area contributed by atoms with Gasteiger partial charge in [0.05, 0.1) is 13.2 Å². The van der Waals surface area contributed by atoms with E-state index in [-0.39, 0.29) is 18.6 Å². The first-order valence-electron chi connectivity index (χ1n) is 7.09. The Kier molecular flexibility index (Phi) is 6.01. The predicted molar refractivity (Wildman–Crippen MR) is 83.7 cm³/mol. The largest absolute Gasteiger partial charge is 0.395 e. The molecule has 0 radical (unpaired) electrons. The molecular weight excluding hydrogens is 320 g/mol. The minimum absolute atomic E-state index is 0.0246. The first kappa shape index (κ1) is 15.5. The van der Waals surface area contributed by atoms with E-state index in [0.29, 0.717) is 6.54 Å². The molecule has 0 spiro atoms. The first-order valence-corrected chi connectivity index (χ1v) is 7.88. The Bertz CT molecular complexity index is 453. The van der Waals surface area contributed by atoms with Crippen LogP contribution in [-0.4, -0.2) is 41.7 Å². The molecule has 1 aromatic rings. The molecular formula is C15H21BrN2O2. The SMILES string of the molecule is O=C(CN1CCCCCC1CO)Nc1cccc(Br)c1. The minimum Gasteiger partial charge on any atom is -0.395 e. The Labute approximate surface area is 128 Å². The van der Waals surface area contributed by atoms with E-state index >= 15 is 0 Å². The number of nitrogens with one attached hydrogen (secondary N) is 1. The highest BCUT2D eigenvalue weighted by Gasteiger charge is 2.22. The van der Waals surface area contributed by atoms with Crippen molar-refractivity contribution in [2.45, 2.75) is 31.7 Å². The molecule has 1 aliphatic heterocycles. The van der Waals surface area contributed by atoms with Gasteiger partial charge < -0.3 is 10.4 Å². The third-order valence-electron chi connectivity index (χ3n) is 3.66. The summed E-state index contributed by atoms with van der Waals surface area (Å²) in [6.45, 7) is 1.36. The molecule has 1 saturated heterocycles. The van der Waals surface area contributed by atoms with Crippen molar-refractivity contribution in [1.29, 1.82) is 0 Å². The molecule has 1 atom stereocenters. The van der Waals surface area contributed by atoms with Crippen LogP contribution < -0.4 is 5.32 Å². The molecule has 20 heavy (non-hydrogen) atoms. The third-order valence-corrected chi connectivity index (χ3v) is 4.16. The van der Waals surface area contributed by atoms with Crippen LogP contribution in [0.2, 0.25) is 0 Å². The van der Waals surface area contributed by atoms with Gasteiger partial charge in [-0.25, -0.2) is 0 Å². The van der Waals surface area contributed by atoms with E-state index < -0.39 is 0 Å². The number of carbonyl (C=O) groups is 1. The molecule has 1 aromatic carbocycles. The molecule has 1 heterocycles.